The maximum absolute atomic E-state index is 11.2. The van der Waals surface area contributed by atoms with Crippen molar-refractivity contribution >= 4 is 22.3 Å². The molecule has 21 heavy (non-hydrogen) atoms. The Kier molecular flexibility index (Phi) is 3.47. The number of hydrogen-bond acceptors (Lipinski definition) is 5. The van der Waals surface area contributed by atoms with Crippen LogP contribution in [0.5, 0.6) is 0 Å². The van der Waals surface area contributed by atoms with Crippen molar-refractivity contribution in [2.45, 2.75) is 24.9 Å². The molecule has 1 aliphatic rings. The minimum absolute atomic E-state index is 0.000670. The summed E-state index contributed by atoms with van der Waals surface area (Å²) in [7, 11) is 1.69. The number of rotatable bonds is 5. The first-order valence-corrected chi connectivity index (χ1v) is 6.96. The summed E-state index contributed by atoms with van der Waals surface area (Å²) in [5.41, 5.74) is 1.07. The summed E-state index contributed by atoms with van der Waals surface area (Å²) in [6, 6.07) is 7.42. The zero-order valence-electron chi connectivity index (χ0n) is 11.8. The van der Waals surface area contributed by atoms with Crippen LogP contribution >= 0.6 is 0 Å². The highest BCUT2D eigenvalue weighted by Gasteiger charge is 2.37. The standard InChI is InChI=1S/C15H17N3O3/c1-21-15(7-4-8-15)10-17-14-11-5-2-3-6-12(11)16-9-13(14)18(19)20/h2-3,5-6,9H,4,7-8,10H2,1H3,(H,16,17). The molecular formula is C15H17N3O3. The van der Waals surface area contributed by atoms with Gasteiger partial charge in [0.05, 0.1) is 16.0 Å². The van der Waals surface area contributed by atoms with Crippen LogP contribution < -0.4 is 5.32 Å². The van der Waals surface area contributed by atoms with E-state index in [4.69, 9.17) is 4.74 Å². The molecule has 0 radical (unpaired) electrons. The normalized spacial score (nSPS) is 16.4. The monoisotopic (exact) mass is 287 g/mol. The van der Waals surface area contributed by atoms with Crippen molar-refractivity contribution in [1.82, 2.24) is 4.98 Å². The third kappa shape index (κ3) is 2.42. The van der Waals surface area contributed by atoms with Crippen molar-refractivity contribution in [3.8, 4) is 0 Å². The largest absolute Gasteiger partial charge is 0.376 e. The minimum Gasteiger partial charge on any atom is -0.376 e. The highest BCUT2D eigenvalue weighted by molar-refractivity contribution is 5.95. The second kappa shape index (κ2) is 5.29. The molecule has 3 rings (SSSR count). The SMILES string of the molecule is COC1(CNc2c([N+](=O)[O-])cnc3ccccc23)CCC1. The van der Waals surface area contributed by atoms with Crippen LogP contribution in [0.2, 0.25) is 0 Å². The summed E-state index contributed by atoms with van der Waals surface area (Å²) < 4.78 is 5.56. The zero-order chi connectivity index (χ0) is 14.9. The third-order valence-electron chi connectivity index (χ3n) is 4.24. The van der Waals surface area contributed by atoms with Gasteiger partial charge >= 0.3 is 5.69 Å². The van der Waals surface area contributed by atoms with E-state index in [1.54, 1.807) is 7.11 Å². The predicted molar refractivity (Wildman–Crippen MR) is 80.5 cm³/mol. The van der Waals surface area contributed by atoms with Gasteiger partial charge in [-0.3, -0.25) is 10.1 Å². The second-order valence-electron chi connectivity index (χ2n) is 5.39. The van der Waals surface area contributed by atoms with Gasteiger partial charge in [0.1, 0.15) is 11.9 Å². The molecule has 0 aliphatic heterocycles. The molecule has 0 saturated heterocycles. The summed E-state index contributed by atoms with van der Waals surface area (Å²) in [5.74, 6) is 0. The average Bonchev–Trinajstić information content (AvgIpc) is 2.46. The van der Waals surface area contributed by atoms with Crippen molar-refractivity contribution in [3.63, 3.8) is 0 Å². The Balaban J connectivity index is 1.98. The van der Waals surface area contributed by atoms with Crippen molar-refractivity contribution < 1.29 is 9.66 Å². The van der Waals surface area contributed by atoms with Crippen LogP contribution in [0.1, 0.15) is 19.3 Å². The molecule has 6 nitrogen and oxygen atoms in total. The molecule has 1 heterocycles. The van der Waals surface area contributed by atoms with E-state index in [2.05, 4.69) is 10.3 Å². The lowest BCUT2D eigenvalue weighted by Gasteiger charge is -2.40. The Hall–Kier alpha value is -2.21. The fourth-order valence-electron chi connectivity index (χ4n) is 2.73. The highest BCUT2D eigenvalue weighted by Crippen LogP contribution is 2.37. The summed E-state index contributed by atoms with van der Waals surface area (Å²) >= 11 is 0. The molecule has 1 N–H and O–H groups in total. The van der Waals surface area contributed by atoms with Gasteiger partial charge in [-0.1, -0.05) is 18.2 Å². The van der Waals surface area contributed by atoms with E-state index in [1.807, 2.05) is 24.3 Å². The van der Waals surface area contributed by atoms with Crippen LogP contribution in [0.4, 0.5) is 11.4 Å². The number of ether oxygens (including phenoxy) is 1. The van der Waals surface area contributed by atoms with Crippen LogP contribution in [0, 0.1) is 10.1 Å². The van der Waals surface area contributed by atoms with E-state index in [0.29, 0.717) is 12.2 Å². The number of hydrogen-bond donors (Lipinski definition) is 1. The molecule has 0 unspecified atom stereocenters. The molecule has 1 saturated carbocycles. The van der Waals surface area contributed by atoms with Crippen LogP contribution in [0.25, 0.3) is 10.9 Å². The molecule has 1 aromatic heterocycles. The van der Waals surface area contributed by atoms with Gasteiger partial charge in [-0.25, -0.2) is 4.98 Å². The molecule has 6 heteroatoms. The van der Waals surface area contributed by atoms with Crippen LogP contribution in [0.3, 0.4) is 0 Å². The summed E-state index contributed by atoms with van der Waals surface area (Å²) in [6.45, 7) is 0.568. The molecule has 110 valence electrons. The van der Waals surface area contributed by atoms with Gasteiger partial charge in [0.25, 0.3) is 0 Å². The van der Waals surface area contributed by atoms with Gasteiger partial charge in [-0.05, 0) is 25.3 Å². The Bertz CT molecular complexity index is 677. The van der Waals surface area contributed by atoms with Crippen LogP contribution in [-0.4, -0.2) is 29.2 Å². The predicted octanol–water partition coefficient (Wildman–Crippen LogP) is 3.12. The molecule has 0 spiro atoms. The van der Waals surface area contributed by atoms with Crippen LogP contribution in [-0.2, 0) is 4.74 Å². The van der Waals surface area contributed by atoms with E-state index in [0.717, 1.165) is 30.2 Å². The van der Waals surface area contributed by atoms with Gasteiger partial charge in [0.15, 0.2) is 0 Å². The van der Waals surface area contributed by atoms with Gasteiger partial charge in [0.2, 0.25) is 0 Å². The number of nitrogens with one attached hydrogen (secondary N) is 1. The maximum atomic E-state index is 11.2. The van der Waals surface area contributed by atoms with Gasteiger partial charge in [0, 0.05) is 19.0 Å². The number of aromatic nitrogens is 1. The van der Waals surface area contributed by atoms with Gasteiger partial charge < -0.3 is 10.1 Å². The van der Waals surface area contributed by atoms with Gasteiger partial charge in [-0.2, -0.15) is 0 Å². The zero-order valence-corrected chi connectivity index (χ0v) is 11.8. The number of fused-ring (bicyclic) bond motifs is 1. The molecule has 1 fully saturated rings. The minimum atomic E-state index is -0.401. The molecule has 0 atom stereocenters. The van der Waals surface area contributed by atoms with Crippen LogP contribution in [0.15, 0.2) is 30.5 Å². The second-order valence-corrected chi connectivity index (χ2v) is 5.39. The lowest BCUT2D eigenvalue weighted by molar-refractivity contribution is -0.384. The topological polar surface area (TPSA) is 77.3 Å². The van der Waals surface area contributed by atoms with Crippen molar-refractivity contribution in [1.29, 1.82) is 0 Å². The van der Waals surface area contributed by atoms with E-state index >= 15 is 0 Å². The van der Waals surface area contributed by atoms with Gasteiger partial charge in [-0.15, -0.1) is 0 Å². The summed E-state index contributed by atoms with van der Waals surface area (Å²) in [6.07, 6.45) is 4.40. The molecule has 0 bridgehead atoms. The van der Waals surface area contributed by atoms with Crippen molar-refractivity contribution in [3.05, 3.63) is 40.6 Å². The number of anilines is 1. The Morgan fingerprint density at radius 2 is 2.19 bits per heavy atom. The maximum Gasteiger partial charge on any atom is 0.311 e. The summed E-state index contributed by atoms with van der Waals surface area (Å²) in [5, 5.41) is 15.2. The lowest BCUT2D eigenvalue weighted by atomic mass is 9.80. The first-order chi connectivity index (χ1) is 10.2. The molecule has 0 amide bonds. The van der Waals surface area contributed by atoms with Crippen molar-refractivity contribution in [2.24, 2.45) is 0 Å². The molecule has 2 aromatic rings. The molecule has 1 aromatic carbocycles. The highest BCUT2D eigenvalue weighted by atomic mass is 16.6. The average molecular weight is 287 g/mol. The smallest absolute Gasteiger partial charge is 0.311 e. The Morgan fingerprint density at radius 1 is 1.43 bits per heavy atom. The number of nitrogens with zero attached hydrogens (tertiary/aromatic N) is 2. The van der Waals surface area contributed by atoms with E-state index in [9.17, 15) is 10.1 Å². The number of nitro groups is 1. The molecule has 1 aliphatic carbocycles. The Labute approximate surface area is 122 Å². The number of benzene rings is 1. The lowest BCUT2D eigenvalue weighted by Crippen LogP contribution is -2.45. The van der Waals surface area contributed by atoms with E-state index in [-0.39, 0.29) is 11.3 Å². The number of pyridine rings is 1. The molecular weight excluding hydrogens is 270 g/mol. The van der Waals surface area contributed by atoms with E-state index in [1.165, 1.54) is 6.20 Å². The Morgan fingerprint density at radius 3 is 2.81 bits per heavy atom. The van der Waals surface area contributed by atoms with E-state index < -0.39 is 4.92 Å². The first-order valence-electron chi connectivity index (χ1n) is 6.96. The third-order valence-corrected chi connectivity index (χ3v) is 4.24. The van der Waals surface area contributed by atoms with Crippen molar-refractivity contribution in [2.75, 3.05) is 19.0 Å². The quantitative estimate of drug-likeness (QED) is 0.675. The first kappa shape index (κ1) is 13.8. The number of para-hydroxylation sites is 1. The number of methoxy groups -OCH3 is 1. The fourth-order valence-corrected chi connectivity index (χ4v) is 2.73. The summed E-state index contributed by atoms with van der Waals surface area (Å²) in [4.78, 5) is 15.0. The fraction of sp³-hybridized carbons (Fsp3) is 0.400.